The molecule has 1 aliphatic rings. The molecule has 24 heavy (non-hydrogen) atoms. The Morgan fingerprint density at radius 2 is 2.04 bits per heavy atom. The van der Waals surface area contributed by atoms with Crippen LogP contribution in [0.4, 0.5) is 0 Å². The van der Waals surface area contributed by atoms with Crippen LogP contribution in [0.1, 0.15) is 17.3 Å². The van der Waals surface area contributed by atoms with Gasteiger partial charge >= 0.3 is 0 Å². The van der Waals surface area contributed by atoms with Crippen molar-refractivity contribution in [1.29, 1.82) is 0 Å². The molecule has 2 aromatic heterocycles. The molecule has 2 N–H and O–H groups in total. The van der Waals surface area contributed by atoms with E-state index in [1.807, 2.05) is 29.6 Å². The predicted octanol–water partition coefficient (Wildman–Crippen LogP) is 2.18. The molecule has 6 nitrogen and oxygen atoms in total. The van der Waals surface area contributed by atoms with Crippen LogP contribution in [0.15, 0.2) is 48.1 Å². The van der Waals surface area contributed by atoms with E-state index >= 15 is 0 Å². The third-order valence-corrected chi connectivity index (χ3v) is 4.75. The molecule has 0 fully saturated rings. The van der Waals surface area contributed by atoms with Crippen LogP contribution in [0.25, 0.3) is 10.8 Å². The summed E-state index contributed by atoms with van der Waals surface area (Å²) >= 11 is 1.51. The van der Waals surface area contributed by atoms with Crippen molar-refractivity contribution in [2.45, 2.75) is 18.7 Å². The number of nitrogens with zero attached hydrogens (tertiary/aromatic N) is 3. The van der Waals surface area contributed by atoms with Crippen molar-refractivity contribution in [3.05, 3.63) is 59.4 Å². The van der Waals surface area contributed by atoms with E-state index < -0.39 is 6.10 Å². The summed E-state index contributed by atoms with van der Waals surface area (Å²) in [6.45, 7) is 0.842. The van der Waals surface area contributed by atoms with Crippen LogP contribution in [-0.4, -0.2) is 32.8 Å². The fourth-order valence-corrected chi connectivity index (χ4v) is 3.47. The van der Waals surface area contributed by atoms with Gasteiger partial charge in [-0.3, -0.25) is 0 Å². The summed E-state index contributed by atoms with van der Waals surface area (Å²) in [6, 6.07) is 9.38. The molecule has 0 spiro atoms. The Kier molecular flexibility index (Phi) is 4.20. The van der Waals surface area contributed by atoms with Gasteiger partial charge in [0.2, 0.25) is 0 Å². The van der Waals surface area contributed by atoms with Crippen LogP contribution in [0.2, 0.25) is 0 Å². The first-order chi connectivity index (χ1) is 11.8. The van der Waals surface area contributed by atoms with Gasteiger partial charge in [0.05, 0.1) is 11.7 Å². The molecule has 122 valence electrons. The summed E-state index contributed by atoms with van der Waals surface area (Å²) in [5.74, 6) is 1.45. The van der Waals surface area contributed by atoms with Gasteiger partial charge in [0, 0.05) is 29.9 Å². The van der Waals surface area contributed by atoms with Crippen molar-refractivity contribution in [2.24, 2.45) is 0 Å². The van der Waals surface area contributed by atoms with Gasteiger partial charge in [-0.05, 0) is 12.1 Å². The van der Waals surface area contributed by atoms with Crippen LogP contribution < -0.4 is 10.1 Å². The maximum absolute atomic E-state index is 10.3. The molecule has 0 radical (unpaired) electrons. The van der Waals surface area contributed by atoms with E-state index in [9.17, 15) is 5.11 Å². The van der Waals surface area contributed by atoms with Crippen molar-refractivity contribution >= 4 is 11.3 Å². The zero-order valence-electron chi connectivity index (χ0n) is 12.8. The van der Waals surface area contributed by atoms with Crippen LogP contribution in [0.5, 0.6) is 5.75 Å². The lowest BCUT2D eigenvalue weighted by molar-refractivity contribution is 0.0543. The van der Waals surface area contributed by atoms with E-state index in [4.69, 9.17) is 4.74 Å². The van der Waals surface area contributed by atoms with Gasteiger partial charge in [0.1, 0.15) is 18.5 Å². The average Bonchev–Trinajstić information content (AvgIpc) is 3.11. The minimum absolute atomic E-state index is 0.173. The zero-order valence-corrected chi connectivity index (χ0v) is 13.6. The number of nitrogens with one attached hydrogen (secondary N) is 1. The van der Waals surface area contributed by atoms with Crippen molar-refractivity contribution in [1.82, 2.24) is 20.3 Å². The quantitative estimate of drug-likeness (QED) is 0.758. The second kappa shape index (κ2) is 6.64. The number of hydrogen-bond donors (Lipinski definition) is 2. The second-order valence-electron chi connectivity index (χ2n) is 5.49. The molecule has 4 rings (SSSR count). The molecule has 2 atom stereocenters. The molecular formula is C17H16N4O2S. The molecule has 0 saturated heterocycles. The molecule has 7 heteroatoms. The van der Waals surface area contributed by atoms with Crippen LogP contribution >= 0.6 is 11.3 Å². The summed E-state index contributed by atoms with van der Waals surface area (Å²) in [5, 5.41) is 16.4. The number of benzene rings is 1. The number of thiazole rings is 1. The Morgan fingerprint density at radius 1 is 1.21 bits per heavy atom. The van der Waals surface area contributed by atoms with E-state index in [2.05, 4.69) is 20.3 Å². The number of hydrogen-bond acceptors (Lipinski definition) is 7. The zero-order chi connectivity index (χ0) is 16.4. The topological polar surface area (TPSA) is 80.2 Å². The molecule has 1 aliphatic heterocycles. The lowest BCUT2D eigenvalue weighted by atomic mass is 9.98. The van der Waals surface area contributed by atoms with Gasteiger partial charge in [-0.2, -0.15) is 0 Å². The van der Waals surface area contributed by atoms with Crippen molar-refractivity contribution in [3.8, 4) is 16.6 Å². The summed E-state index contributed by atoms with van der Waals surface area (Å²) in [5.41, 5.74) is 1.87. The molecule has 0 bridgehead atoms. The summed E-state index contributed by atoms with van der Waals surface area (Å²) in [6.07, 6.45) is 2.82. The molecule has 3 heterocycles. The first kappa shape index (κ1) is 15.2. The normalized spacial score (nSPS) is 19.5. The fourth-order valence-electron chi connectivity index (χ4n) is 2.71. The van der Waals surface area contributed by atoms with Gasteiger partial charge in [-0.1, -0.05) is 18.2 Å². The standard InChI is InChI=1S/C17H16N4O2S/c22-13-9-23-14-5-2-1-4-12(14)15(13)20-8-11-10-24-17(21-11)16-18-6-3-7-19-16/h1-7,10,13,15,20,22H,8-9H2/t13-,15+/m1/s1. The third kappa shape index (κ3) is 3.01. The highest BCUT2D eigenvalue weighted by atomic mass is 32.1. The highest BCUT2D eigenvalue weighted by Gasteiger charge is 2.28. The number of aliphatic hydroxyl groups excluding tert-OH is 1. The predicted molar refractivity (Wildman–Crippen MR) is 90.7 cm³/mol. The van der Waals surface area contributed by atoms with Crippen LogP contribution in [0, 0.1) is 0 Å². The molecule has 1 aromatic carbocycles. The summed E-state index contributed by atoms with van der Waals surface area (Å²) in [4.78, 5) is 13.0. The van der Waals surface area contributed by atoms with E-state index in [-0.39, 0.29) is 12.6 Å². The lowest BCUT2D eigenvalue weighted by Crippen LogP contribution is -2.39. The van der Waals surface area contributed by atoms with Gasteiger partial charge in [0.25, 0.3) is 0 Å². The Balaban J connectivity index is 1.49. The molecular weight excluding hydrogens is 324 g/mol. The third-order valence-electron chi connectivity index (χ3n) is 3.86. The van der Waals surface area contributed by atoms with Crippen molar-refractivity contribution in [2.75, 3.05) is 6.61 Å². The number of para-hydroxylation sites is 1. The summed E-state index contributed by atoms with van der Waals surface area (Å²) < 4.78 is 5.56. The van der Waals surface area contributed by atoms with Gasteiger partial charge < -0.3 is 15.2 Å². The molecule has 0 unspecified atom stereocenters. The Labute approximate surface area is 143 Å². The smallest absolute Gasteiger partial charge is 0.188 e. The number of rotatable bonds is 4. The van der Waals surface area contributed by atoms with E-state index in [0.29, 0.717) is 12.4 Å². The minimum atomic E-state index is -0.588. The Bertz CT molecular complexity index is 824. The van der Waals surface area contributed by atoms with Gasteiger partial charge in [0.15, 0.2) is 10.8 Å². The molecule has 3 aromatic rings. The Hall–Kier alpha value is -2.35. The lowest BCUT2D eigenvalue weighted by Gasteiger charge is -2.31. The van der Waals surface area contributed by atoms with Crippen molar-refractivity contribution < 1.29 is 9.84 Å². The number of aliphatic hydroxyl groups is 1. The average molecular weight is 340 g/mol. The SMILES string of the molecule is O[C@@H]1COc2ccccc2[C@@H]1NCc1csc(-c2ncccn2)n1. The van der Waals surface area contributed by atoms with Gasteiger partial charge in [-0.15, -0.1) is 11.3 Å². The number of fused-ring (bicyclic) bond motifs is 1. The van der Waals surface area contributed by atoms with E-state index in [0.717, 1.165) is 22.0 Å². The maximum atomic E-state index is 10.3. The monoisotopic (exact) mass is 340 g/mol. The van der Waals surface area contributed by atoms with E-state index in [1.165, 1.54) is 11.3 Å². The van der Waals surface area contributed by atoms with Crippen molar-refractivity contribution in [3.63, 3.8) is 0 Å². The number of aromatic nitrogens is 3. The number of ether oxygens (including phenoxy) is 1. The highest BCUT2D eigenvalue weighted by Crippen LogP contribution is 2.32. The minimum Gasteiger partial charge on any atom is -0.490 e. The molecule has 0 aliphatic carbocycles. The maximum Gasteiger partial charge on any atom is 0.188 e. The molecule has 0 saturated carbocycles. The van der Waals surface area contributed by atoms with Gasteiger partial charge in [-0.25, -0.2) is 15.0 Å². The van der Waals surface area contributed by atoms with Crippen LogP contribution in [-0.2, 0) is 6.54 Å². The van der Waals surface area contributed by atoms with Crippen LogP contribution in [0.3, 0.4) is 0 Å². The fraction of sp³-hybridized carbons (Fsp3) is 0.235. The Morgan fingerprint density at radius 3 is 2.92 bits per heavy atom. The second-order valence-corrected chi connectivity index (χ2v) is 6.35. The first-order valence-corrected chi connectivity index (χ1v) is 8.54. The molecule has 0 amide bonds. The highest BCUT2D eigenvalue weighted by molar-refractivity contribution is 7.13. The first-order valence-electron chi connectivity index (χ1n) is 7.66. The van der Waals surface area contributed by atoms with E-state index in [1.54, 1.807) is 18.5 Å². The largest absolute Gasteiger partial charge is 0.490 e. The summed E-state index contributed by atoms with van der Waals surface area (Å²) in [7, 11) is 0.